The van der Waals surface area contributed by atoms with Gasteiger partial charge in [0.2, 0.25) is 5.91 Å². The van der Waals surface area contributed by atoms with Gasteiger partial charge in [0.15, 0.2) is 0 Å². The van der Waals surface area contributed by atoms with E-state index in [0.717, 1.165) is 12.0 Å². The molecular formula is C14H20N2O3. The van der Waals surface area contributed by atoms with E-state index in [0.29, 0.717) is 13.2 Å². The van der Waals surface area contributed by atoms with Crippen molar-refractivity contribution in [1.29, 1.82) is 0 Å². The summed E-state index contributed by atoms with van der Waals surface area (Å²) in [5.41, 5.74) is 0.845. The van der Waals surface area contributed by atoms with Crippen LogP contribution in [-0.2, 0) is 20.7 Å². The molecule has 0 atom stereocenters. The molecule has 5 heteroatoms. The molecule has 0 N–H and O–H groups in total. The van der Waals surface area contributed by atoms with Gasteiger partial charge >= 0.3 is 5.97 Å². The first-order valence-corrected chi connectivity index (χ1v) is 6.49. The predicted octanol–water partition coefficient (Wildman–Crippen LogP) is 1.43. The lowest BCUT2D eigenvalue weighted by Gasteiger charge is -2.21. The third kappa shape index (κ3) is 5.50. The molecule has 1 rings (SSSR count). The van der Waals surface area contributed by atoms with E-state index in [1.165, 1.54) is 4.90 Å². The standard InChI is InChI=1S/C14H20N2O3/c1-3-8-16(11-14(18)19-4-2)13(17)9-12-6-5-7-15-10-12/h5-7,10H,3-4,8-9,11H2,1-2H3. The fraction of sp³-hybridized carbons (Fsp3) is 0.500. The van der Waals surface area contributed by atoms with E-state index in [1.807, 2.05) is 13.0 Å². The number of aromatic nitrogens is 1. The molecular weight excluding hydrogens is 244 g/mol. The van der Waals surface area contributed by atoms with E-state index >= 15 is 0 Å². The lowest BCUT2D eigenvalue weighted by Crippen LogP contribution is -2.38. The molecule has 0 fully saturated rings. The average Bonchev–Trinajstić information content (AvgIpc) is 2.39. The smallest absolute Gasteiger partial charge is 0.325 e. The molecule has 0 unspecified atom stereocenters. The number of hydrogen-bond acceptors (Lipinski definition) is 4. The van der Waals surface area contributed by atoms with E-state index in [1.54, 1.807) is 25.4 Å². The SMILES string of the molecule is CCCN(CC(=O)OCC)C(=O)Cc1cccnc1. The first-order chi connectivity index (χ1) is 9.17. The normalized spacial score (nSPS) is 10.0. The maximum Gasteiger partial charge on any atom is 0.325 e. The Bertz CT molecular complexity index is 406. The lowest BCUT2D eigenvalue weighted by atomic mass is 10.2. The van der Waals surface area contributed by atoms with E-state index in [-0.39, 0.29) is 24.8 Å². The number of carbonyl (C=O) groups excluding carboxylic acids is 2. The monoisotopic (exact) mass is 264 g/mol. The van der Waals surface area contributed by atoms with Gasteiger partial charge in [-0.15, -0.1) is 0 Å². The zero-order valence-corrected chi connectivity index (χ0v) is 11.5. The van der Waals surface area contributed by atoms with Crippen molar-refractivity contribution in [3.8, 4) is 0 Å². The van der Waals surface area contributed by atoms with Crippen LogP contribution >= 0.6 is 0 Å². The minimum absolute atomic E-state index is 0.0147. The molecule has 1 aromatic heterocycles. The van der Waals surface area contributed by atoms with Crippen molar-refractivity contribution in [2.45, 2.75) is 26.7 Å². The fourth-order valence-corrected chi connectivity index (χ4v) is 1.71. The second-order valence-corrected chi connectivity index (χ2v) is 4.16. The number of hydrogen-bond donors (Lipinski definition) is 0. The van der Waals surface area contributed by atoms with Crippen LogP contribution in [0.1, 0.15) is 25.8 Å². The molecule has 5 nitrogen and oxygen atoms in total. The van der Waals surface area contributed by atoms with Gasteiger partial charge in [-0.3, -0.25) is 14.6 Å². The van der Waals surface area contributed by atoms with E-state index in [9.17, 15) is 9.59 Å². The van der Waals surface area contributed by atoms with E-state index in [4.69, 9.17) is 4.74 Å². The Morgan fingerprint density at radius 3 is 2.74 bits per heavy atom. The summed E-state index contributed by atoms with van der Waals surface area (Å²) in [6, 6.07) is 3.64. The van der Waals surface area contributed by atoms with Crippen LogP contribution in [0.3, 0.4) is 0 Å². The first kappa shape index (κ1) is 15.1. The summed E-state index contributed by atoms with van der Waals surface area (Å²) in [6.45, 7) is 4.61. The fourth-order valence-electron chi connectivity index (χ4n) is 1.71. The van der Waals surface area contributed by atoms with Crippen LogP contribution in [-0.4, -0.2) is 41.5 Å². The number of rotatable bonds is 7. The quantitative estimate of drug-likeness (QED) is 0.699. The number of nitrogens with zero attached hydrogens (tertiary/aromatic N) is 2. The van der Waals surface area contributed by atoms with Crippen molar-refractivity contribution in [2.75, 3.05) is 19.7 Å². The number of carbonyl (C=O) groups is 2. The largest absolute Gasteiger partial charge is 0.465 e. The highest BCUT2D eigenvalue weighted by Gasteiger charge is 2.17. The highest BCUT2D eigenvalue weighted by Crippen LogP contribution is 2.03. The molecule has 1 heterocycles. The zero-order valence-electron chi connectivity index (χ0n) is 11.5. The third-order valence-corrected chi connectivity index (χ3v) is 2.55. The van der Waals surface area contributed by atoms with Crippen LogP contribution in [0.15, 0.2) is 24.5 Å². The Hall–Kier alpha value is -1.91. The second kappa shape index (κ2) is 8.24. The van der Waals surface area contributed by atoms with Crippen molar-refractivity contribution in [1.82, 2.24) is 9.88 Å². The van der Waals surface area contributed by atoms with Crippen molar-refractivity contribution in [3.63, 3.8) is 0 Å². The summed E-state index contributed by atoms with van der Waals surface area (Å²) in [7, 11) is 0. The van der Waals surface area contributed by atoms with Gasteiger partial charge in [0.1, 0.15) is 6.54 Å². The number of esters is 1. The summed E-state index contributed by atoms with van der Waals surface area (Å²) in [5.74, 6) is -0.446. The summed E-state index contributed by atoms with van der Waals surface area (Å²) >= 11 is 0. The lowest BCUT2D eigenvalue weighted by molar-refractivity contribution is -0.148. The maximum absolute atomic E-state index is 12.1. The Morgan fingerprint density at radius 1 is 1.37 bits per heavy atom. The number of pyridine rings is 1. The Morgan fingerprint density at radius 2 is 2.16 bits per heavy atom. The minimum Gasteiger partial charge on any atom is -0.465 e. The van der Waals surface area contributed by atoms with Gasteiger partial charge in [-0.05, 0) is 25.0 Å². The Balaban J connectivity index is 2.59. The molecule has 19 heavy (non-hydrogen) atoms. The maximum atomic E-state index is 12.1. The van der Waals surface area contributed by atoms with Crippen molar-refractivity contribution in [3.05, 3.63) is 30.1 Å². The first-order valence-electron chi connectivity index (χ1n) is 6.49. The van der Waals surface area contributed by atoms with Crippen LogP contribution < -0.4 is 0 Å². The third-order valence-electron chi connectivity index (χ3n) is 2.55. The average molecular weight is 264 g/mol. The van der Waals surface area contributed by atoms with Gasteiger partial charge in [0.05, 0.1) is 13.0 Å². The molecule has 0 saturated heterocycles. The molecule has 0 aromatic carbocycles. The molecule has 1 aromatic rings. The summed E-state index contributed by atoms with van der Waals surface area (Å²) in [4.78, 5) is 29.1. The Kier molecular flexibility index (Phi) is 6.57. The number of amides is 1. The van der Waals surface area contributed by atoms with Crippen molar-refractivity contribution >= 4 is 11.9 Å². The molecule has 0 saturated carbocycles. The highest BCUT2D eigenvalue weighted by atomic mass is 16.5. The minimum atomic E-state index is -0.365. The summed E-state index contributed by atoms with van der Waals surface area (Å²) in [6.07, 6.45) is 4.38. The van der Waals surface area contributed by atoms with E-state index < -0.39 is 0 Å². The van der Waals surface area contributed by atoms with Gasteiger partial charge in [-0.1, -0.05) is 13.0 Å². The van der Waals surface area contributed by atoms with Gasteiger partial charge in [0.25, 0.3) is 0 Å². The highest BCUT2D eigenvalue weighted by molar-refractivity contribution is 5.83. The molecule has 0 aliphatic heterocycles. The van der Waals surface area contributed by atoms with Crippen molar-refractivity contribution < 1.29 is 14.3 Å². The van der Waals surface area contributed by atoms with E-state index in [2.05, 4.69) is 4.98 Å². The van der Waals surface area contributed by atoms with Crippen LogP contribution in [0.25, 0.3) is 0 Å². The van der Waals surface area contributed by atoms with Crippen molar-refractivity contribution in [2.24, 2.45) is 0 Å². The molecule has 0 bridgehead atoms. The molecule has 1 amide bonds. The summed E-state index contributed by atoms with van der Waals surface area (Å²) < 4.78 is 4.87. The van der Waals surface area contributed by atoms with Crippen LogP contribution in [0.5, 0.6) is 0 Å². The van der Waals surface area contributed by atoms with Crippen LogP contribution in [0.2, 0.25) is 0 Å². The molecule has 0 aliphatic carbocycles. The second-order valence-electron chi connectivity index (χ2n) is 4.16. The molecule has 0 aliphatic rings. The summed E-state index contributed by atoms with van der Waals surface area (Å²) in [5, 5.41) is 0. The predicted molar refractivity (Wildman–Crippen MR) is 71.4 cm³/mol. The topological polar surface area (TPSA) is 59.5 Å². The van der Waals surface area contributed by atoms with Gasteiger partial charge < -0.3 is 9.64 Å². The molecule has 104 valence electrons. The van der Waals surface area contributed by atoms with Crippen LogP contribution in [0.4, 0.5) is 0 Å². The van der Waals surface area contributed by atoms with Gasteiger partial charge in [-0.25, -0.2) is 0 Å². The van der Waals surface area contributed by atoms with Gasteiger partial charge in [0, 0.05) is 18.9 Å². The van der Waals surface area contributed by atoms with Gasteiger partial charge in [-0.2, -0.15) is 0 Å². The molecule has 0 spiro atoms. The number of ether oxygens (including phenoxy) is 1. The zero-order chi connectivity index (χ0) is 14.1. The Labute approximate surface area is 113 Å². The molecule has 0 radical (unpaired) electrons. The van der Waals surface area contributed by atoms with Crippen LogP contribution in [0, 0.1) is 0 Å².